The van der Waals surface area contributed by atoms with Crippen molar-refractivity contribution in [2.45, 2.75) is 11.1 Å². The maximum Gasteiger partial charge on any atom is 0.323 e. The standard InChI is InChI=1S/C21H22N4O4S2/c1-15-10-11-17(23-21(27)22-16-7-4-3-5-8-16)13-18(15)24-19(26)14-25(2)31(28,29)20-9-6-12-30-20/h3-13H,14H2,1-2H3,(H,24,26)(H2,22,23,27). The van der Waals surface area contributed by atoms with Gasteiger partial charge in [-0.25, -0.2) is 13.2 Å². The second kappa shape index (κ2) is 9.73. The van der Waals surface area contributed by atoms with Gasteiger partial charge in [0.05, 0.1) is 6.54 Å². The summed E-state index contributed by atoms with van der Waals surface area (Å²) in [7, 11) is -2.37. The van der Waals surface area contributed by atoms with Crippen LogP contribution in [0.1, 0.15) is 5.56 Å². The molecule has 0 unspecified atom stereocenters. The molecule has 3 rings (SSSR count). The Kier molecular flexibility index (Phi) is 7.06. The van der Waals surface area contributed by atoms with Crippen LogP contribution < -0.4 is 16.0 Å². The van der Waals surface area contributed by atoms with Crippen LogP contribution in [0.15, 0.2) is 70.3 Å². The smallest absolute Gasteiger partial charge is 0.323 e. The van der Waals surface area contributed by atoms with Crippen molar-refractivity contribution in [2.75, 3.05) is 29.5 Å². The first kappa shape index (κ1) is 22.5. The van der Waals surface area contributed by atoms with E-state index in [-0.39, 0.29) is 10.8 Å². The van der Waals surface area contributed by atoms with E-state index >= 15 is 0 Å². The van der Waals surface area contributed by atoms with Gasteiger partial charge >= 0.3 is 6.03 Å². The summed E-state index contributed by atoms with van der Waals surface area (Å²) in [6.07, 6.45) is 0. The fourth-order valence-corrected chi connectivity index (χ4v) is 5.02. The van der Waals surface area contributed by atoms with E-state index < -0.39 is 22.0 Å². The highest BCUT2D eigenvalue weighted by Gasteiger charge is 2.24. The van der Waals surface area contributed by atoms with Crippen LogP contribution in [0.25, 0.3) is 0 Å². The number of nitrogens with one attached hydrogen (secondary N) is 3. The van der Waals surface area contributed by atoms with Crippen molar-refractivity contribution in [3.63, 3.8) is 0 Å². The zero-order chi connectivity index (χ0) is 22.4. The van der Waals surface area contributed by atoms with E-state index in [0.29, 0.717) is 17.1 Å². The number of anilines is 3. The fourth-order valence-electron chi connectivity index (χ4n) is 2.69. The number of para-hydroxylation sites is 1. The molecule has 3 aromatic rings. The molecular weight excluding hydrogens is 436 g/mol. The molecule has 3 amide bonds. The first-order valence-corrected chi connectivity index (χ1v) is 11.6. The second-order valence-corrected chi connectivity index (χ2v) is 9.94. The van der Waals surface area contributed by atoms with E-state index in [9.17, 15) is 18.0 Å². The number of urea groups is 1. The summed E-state index contributed by atoms with van der Waals surface area (Å²) in [6, 6.07) is 16.8. The van der Waals surface area contributed by atoms with Crippen molar-refractivity contribution in [3.05, 3.63) is 71.6 Å². The van der Waals surface area contributed by atoms with Crippen LogP contribution in [-0.4, -0.2) is 38.3 Å². The van der Waals surface area contributed by atoms with Crippen molar-refractivity contribution in [2.24, 2.45) is 0 Å². The number of hydrogen-bond acceptors (Lipinski definition) is 5. The molecule has 0 aliphatic rings. The molecule has 0 atom stereocenters. The number of benzene rings is 2. The molecule has 0 aliphatic heterocycles. The molecule has 0 bridgehead atoms. The Bertz CT molecular complexity index is 1160. The van der Waals surface area contributed by atoms with Crippen LogP contribution in [0.2, 0.25) is 0 Å². The zero-order valence-corrected chi connectivity index (χ0v) is 18.6. The topological polar surface area (TPSA) is 108 Å². The number of likely N-dealkylation sites (N-methyl/N-ethyl adjacent to an activating group) is 1. The van der Waals surface area contributed by atoms with Gasteiger partial charge < -0.3 is 16.0 Å². The van der Waals surface area contributed by atoms with Crippen LogP contribution in [0, 0.1) is 6.92 Å². The third-order valence-corrected chi connectivity index (χ3v) is 7.50. The van der Waals surface area contributed by atoms with E-state index in [4.69, 9.17) is 0 Å². The maximum atomic E-state index is 12.5. The van der Waals surface area contributed by atoms with Crippen LogP contribution in [0.5, 0.6) is 0 Å². The summed E-state index contributed by atoms with van der Waals surface area (Å²) >= 11 is 1.09. The number of amides is 3. The van der Waals surface area contributed by atoms with Gasteiger partial charge in [-0.1, -0.05) is 30.3 Å². The highest BCUT2D eigenvalue weighted by Crippen LogP contribution is 2.22. The van der Waals surface area contributed by atoms with E-state index in [1.807, 2.05) is 18.2 Å². The highest BCUT2D eigenvalue weighted by molar-refractivity contribution is 7.91. The predicted molar refractivity (Wildman–Crippen MR) is 123 cm³/mol. The summed E-state index contributed by atoms with van der Waals surface area (Å²) in [6.45, 7) is 1.46. The van der Waals surface area contributed by atoms with Crippen LogP contribution in [0.3, 0.4) is 0 Å². The van der Waals surface area contributed by atoms with Crippen molar-refractivity contribution in [3.8, 4) is 0 Å². The largest absolute Gasteiger partial charge is 0.325 e. The molecular formula is C21H22N4O4S2. The predicted octanol–water partition coefficient (Wildman–Crippen LogP) is 3.96. The highest BCUT2D eigenvalue weighted by atomic mass is 32.2. The third kappa shape index (κ3) is 5.91. The van der Waals surface area contributed by atoms with E-state index in [1.54, 1.807) is 48.7 Å². The summed E-state index contributed by atoms with van der Waals surface area (Å²) in [5, 5.41) is 9.79. The van der Waals surface area contributed by atoms with E-state index in [1.165, 1.54) is 13.1 Å². The lowest BCUT2D eigenvalue weighted by Crippen LogP contribution is -2.34. The average Bonchev–Trinajstić information content (AvgIpc) is 3.27. The molecule has 0 aliphatic carbocycles. The molecule has 8 nitrogen and oxygen atoms in total. The number of hydrogen-bond donors (Lipinski definition) is 3. The van der Waals surface area contributed by atoms with Crippen molar-refractivity contribution >= 4 is 50.4 Å². The monoisotopic (exact) mass is 458 g/mol. The SMILES string of the molecule is Cc1ccc(NC(=O)Nc2ccccc2)cc1NC(=O)CN(C)S(=O)(=O)c1cccs1. The first-order valence-electron chi connectivity index (χ1n) is 9.29. The summed E-state index contributed by atoms with van der Waals surface area (Å²) < 4.78 is 26.1. The molecule has 1 heterocycles. The number of sulfonamides is 1. The van der Waals surface area contributed by atoms with Crippen molar-refractivity contribution in [1.82, 2.24) is 4.31 Å². The fraction of sp³-hybridized carbons (Fsp3) is 0.143. The normalized spacial score (nSPS) is 11.2. The van der Waals surface area contributed by atoms with Gasteiger partial charge in [0.25, 0.3) is 10.0 Å². The summed E-state index contributed by atoms with van der Waals surface area (Å²) in [5.74, 6) is -0.489. The number of rotatable bonds is 7. The first-order chi connectivity index (χ1) is 14.8. The Labute approximate surface area is 185 Å². The molecule has 2 aromatic carbocycles. The lowest BCUT2D eigenvalue weighted by molar-refractivity contribution is -0.116. The molecule has 0 fully saturated rings. The van der Waals surface area contributed by atoms with Gasteiger partial charge in [0.2, 0.25) is 5.91 Å². The molecule has 0 spiro atoms. The summed E-state index contributed by atoms with van der Waals surface area (Å²) in [5.41, 5.74) is 2.38. The van der Waals surface area contributed by atoms with Crippen LogP contribution in [0.4, 0.5) is 21.9 Å². The quantitative estimate of drug-likeness (QED) is 0.498. The van der Waals surface area contributed by atoms with Gasteiger partial charge in [-0.2, -0.15) is 4.31 Å². The van der Waals surface area contributed by atoms with Gasteiger partial charge in [0.15, 0.2) is 0 Å². The number of aryl methyl sites for hydroxylation is 1. The van der Waals surface area contributed by atoms with Gasteiger partial charge in [0.1, 0.15) is 4.21 Å². The zero-order valence-electron chi connectivity index (χ0n) is 17.0. The van der Waals surface area contributed by atoms with E-state index in [2.05, 4.69) is 16.0 Å². The minimum absolute atomic E-state index is 0.176. The molecule has 1 aromatic heterocycles. The minimum Gasteiger partial charge on any atom is -0.325 e. The Morgan fingerprint density at radius 2 is 1.65 bits per heavy atom. The number of carbonyl (C=O) groups excluding carboxylic acids is 2. The Morgan fingerprint density at radius 1 is 0.935 bits per heavy atom. The third-order valence-electron chi connectivity index (χ3n) is 4.33. The summed E-state index contributed by atoms with van der Waals surface area (Å²) in [4.78, 5) is 24.6. The molecule has 31 heavy (non-hydrogen) atoms. The van der Waals surface area contributed by atoms with Gasteiger partial charge in [-0.05, 0) is 48.2 Å². The van der Waals surface area contributed by atoms with E-state index in [0.717, 1.165) is 21.2 Å². The minimum atomic E-state index is -3.72. The molecule has 0 saturated carbocycles. The number of carbonyl (C=O) groups is 2. The molecule has 0 radical (unpaired) electrons. The lowest BCUT2D eigenvalue weighted by Gasteiger charge is -2.17. The average molecular weight is 459 g/mol. The van der Waals surface area contributed by atoms with Crippen LogP contribution in [-0.2, 0) is 14.8 Å². The van der Waals surface area contributed by atoms with Gasteiger partial charge in [0, 0.05) is 24.1 Å². The molecule has 162 valence electrons. The second-order valence-electron chi connectivity index (χ2n) is 6.72. The number of thiophene rings is 1. The van der Waals surface area contributed by atoms with Gasteiger partial charge in [-0.15, -0.1) is 11.3 Å². The lowest BCUT2D eigenvalue weighted by atomic mass is 10.1. The Hall–Kier alpha value is -3.21. The Balaban J connectivity index is 1.63. The molecule has 3 N–H and O–H groups in total. The van der Waals surface area contributed by atoms with Gasteiger partial charge in [-0.3, -0.25) is 4.79 Å². The van der Waals surface area contributed by atoms with Crippen molar-refractivity contribution in [1.29, 1.82) is 0 Å². The molecule has 0 saturated heterocycles. The number of nitrogens with zero attached hydrogens (tertiary/aromatic N) is 1. The Morgan fingerprint density at radius 3 is 2.32 bits per heavy atom. The van der Waals surface area contributed by atoms with Crippen LogP contribution >= 0.6 is 11.3 Å². The molecule has 10 heteroatoms. The van der Waals surface area contributed by atoms with Crippen molar-refractivity contribution < 1.29 is 18.0 Å². The maximum absolute atomic E-state index is 12.5.